The molecule has 2 fully saturated rings. The van der Waals surface area contributed by atoms with Crippen LogP contribution >= 0.6 is 0 Å². The van der Waals surface area contributed by atoms with E-state index in [0.717, 1.165) is 19.1 Å². The summed E-state index contributed by atoms with van der Waals surface area (Å²) in [6.45, 7) is 5.40. The fourth-order valence-corrected chi connectivity index (χ4v) is 30.5. The summed E-state index contributed by atoms with van der Waals surface area (Å²) in [5, 5.41) is 0. The molecule has 0 aromatic rings. The molecule has 4 atom stereocenters. The molecular weight excluding hydrogens is 466 g/mol. The predicted octanol–water partition coefficient (Wildman–Crippen LogP) is -3.23. The SMILES string of the molecule is C[SiH](C)[Zr+3]([CH]1CCC2CC=CC=C21)[CH]1CCC2CC=CC=C21.[Cl-].[Cl-].[Cl-]. The molecule has 0 heterocycles. The Hall–Kier alpha value is 0.930. The Morgan fingerprint density at radius 3 is 1.60 bits per heavy atom. The van der Waals surface area contributed by atoms with Crippen LogP contribution in [-0.4, -0.2) is 5.92 Å². The van der Waals surface area contributed by atoms with E-state index in [-0.39, 0.29) is 37.2 Å². The zero-order chi connectivity index (χ0) is 15.1. The molecule has 5 heteroatoms. The summed E-state index contributed by atoms with van der Waals surface area (Å²) < 4.78 is 2.22. The molecule has 0 nitrogen and oxygen atoms in total. The van der Waals surface area contributed by atoms with Crippen molar-refractivity contribution in [1.82, 2.24) is 0 Å². The van der Waals surface area contributed by atoms with E-state index in [0.29, 0.717) is 0 Å². The van der Waals surface area contributed by atoms with Gasteiger partial charge in [0.25, 0.3) is 0 Å². The maximum Gasteiger partial charge on any atom is -1.00 e. The Morgan fingerprint density at radius 1 is 0.760 bits per heavy atom. The Kier molecular flexibility index (Phi) is 10.0. The van der Waals surface area contributed by atoms with Crippen LogP contribution in [0.1, 0.15) is 38.5 Å². The van der Waals surface area contributed by atoms with Crippen molar-refractivity contribution in [1.29, 1.82) is 0 Å². The van der Waals surface area contributed by atoms with E-state index in [1.165, 1.54) is 25.7 Å². The largest absolute Gasteiger partial charge is 1.00 e. The van der Waals surface area contributed by atoms with Gasteiger partial charge in [0, 0.05) is 0 Å². The molecule has 138 valence electrons. The number of rotatable bonds is 3. The zero-order valence-electron chi connectivity index (χ0n) is 15.2. The molecule has 4 aliphatic carbocycles. The second-order valence-corrected chi connectivity index (χ2v) is 28.6. The van der Waals surface area contributed by atoms with Crippen molar-refractivity contribution in [3.63, 3.8) is 0 Å². The van der Waals surface area contributed by atoms with Crippen molar-refractivity contribution < 1.29 is 58.1 Å². The van der Waals surface area contributed by atoms with E-state index in [4.69, 9.17) is 0 Å². The van der Waals surface area contributed by atoms with Gasteiger partial charge in [-0.2, -0.15) is 0 Å². The van der Waals surface area contributed by atoms with E-state index in [2.05, 4.69) is 49.6 Å². The average Bonchev–Trinajstić information content (AvgIpc) is 3.13. The molecule has 0 aromatic heterocycles. The zero-order valence-corrected chi connectivity index (χ0v) is 21.1. The molecule has 0 radical (unpaired) electrons. The molecule has 0 N–H and O–H groups in total. The predicted molar refractivity (Wildman–Crippen MR) is 95.5 cm³/mol. The van der Waals surface area contributed by atoms with Crippen molar-refractivity contribution in [2.24, 2.45) is 11.8 Å². The van der Waals surface area contributed by atoms with Gasteiger partial charge in [-0.15, -0.1) is 0 Å². The van der Waals surface area contributed by atoms with Crippen molar-refractivity contribution in [3.8, 4) is 0 Å². The molecular formula is C20H29Cl3SiZr. The third-order valence-corrected chi connectivity index (χ3v) is 29.5. The maximum absolute atomic E-state index is 2.70. The van der Waals surface area contributed by atoms with Crippen molar-refractivity contribution in [3.05, 3.63) is 47.6 Å². The Morgan fingerprint density at radius 2 is 1.20 bits per heavy atom. The van der Waals surface area contributed by atoms with Crippen molar-refractivity contribution in [2.45, 2.75) is 58.9 Å². The van der Waals surface area contributed by atoms with Gasteiger partial charge in [0.2, 0.25) is 0 Å². The number of hydrogen-bond acceptors (Lipinski definition) is 0. The fraction of sp³-hybridized carbons (Fsp3) is 0.600. The molecule has 0 spiro atoms. The normalized spacial score (nSPS) is 31.4. The first-order chi connectivity index (χ1) is 10.8. The molecule has 2 saturated carbocycles. The quantitative estimate of drug-likeness (QED) is 0.362. The van der Waals surface area contributed by atoms with Gasteiger partial charge < -0.3 is 37.2 Å². The maximum atomic E-state index is 2.70. The molecule has 0 bridgehead atoms. The van der Waals surface area contributed by atoms with Crippen LogP contribution in [0.3, 0.4) is 0 Å². The molecule has 4 rings (SSSR count). The molecule has 0 aromatic carbocycles. The second kappa shape index (κ2) is 10.5. The third-order valence-electron chi connectivity index (χ3n) is 6.52. The van der Waals surface area contributed by atoms with Crippen LogP contribution in [0.4, 0.5) is 0 Å². The molecule has 4 unspecified atom stereocenters. The third kappa shape index (κ3) is 4.68. The van der Waals surface area contributed by atoms with Crippen molar-refractivity contribution in [2.75, 3.05) is 0 Å². The second-order valence-electron chi connectivity index (χ2n) is 7.97. The summed E-state index contributed by atoms with van der Waals surface area (Å²) in [6.07, 6.45) is 23.5. The minimum Gasteiger partial charge on any atom is -1.00 e. The minimum absolute atomic E-state index is 0. The van der Waals surface area contributed by atoms with Crippen LogP contribution in [0.2, 0.25) is 20.3 Å². The average molecular weight is 495 g/mol. The molecule has 0 saturated heterocycles. The van der Waals surface area contributed by atoms with Crippen LogP contribution in [0.5, 0.6) is 0 Å². The van der Waals surface area contributed by atoms with Gasteiger partial charge in [-0.1, -0.05) is 0 Å². The Balaban J connectivity index is 0.00000104. The summed E-state index contributed by atoms with van der Waals surface area (Å²) in [6, 6.07) is 0. The summed E-state index contributed by atoms with van der Waals surface area (Å²) in [5.74, 6) is 1.42. The smallest absolute Gasteiger partial charge is 1.00 e. The van der Waals surface area contributed by atoms with E-state index >= 15 is 0 Å². The first-order valence-corrected chi connectivity index (χ1v) is 19.3. The van der Waals surface area contributed by atoms with Crippen LogP contribution in [0, 0.1) is 11.8 Å². The summed E-state index contributed by atoms with van der Waals surface area (Å²) in [7, 11) is 0. The number of fused-ring (bicyclic) bond motifs is 2. The number of hydrogen-bond donors (Lipinski definition) is 0. The topological polar surface area (TPSA) is 0 Å². The first-order valence-electron chi connectivity index (χ1n) is 9.35. The Labute approximate surface area is 181 Å². The van der Waals surface area contributed by atoms with Gasteiger partial charge in [0.15, 0.2) is 0 Å². The molecule has 4 aliphatic rings. The monoisotopic (exact) mass is 492 g/mol. The minimum atomic E-state index is -1.36. The van der Waals surface area contributed by atoms with Crippen LogP contribution in [0.15, 0.2) is 47.6 Å². The molecule has 0 amide bonds. The first kappa shape index (κ1) is 24.0. The van der Waals surface area contributed by atoms with E-state index in [1.54, 1.807) is 12.8 Å². The van der Waals surface area contributed by atoms with E-state index in [1.807, 2.05) is 11.1 Å². The van der Waals surface area contributed by atoms with Crippen LogP contribution in [-0.2, 0) is 20.9 Å². The summed E-state index contributed by atoms with van der Waals surface area (Å²) >= 11 is -1.36. The van der Waals surface area contributed by atoms with Gasteiger partial charge in [-0.05, 0) is 0 Å². The molecule has 25 heavy (non-hydrogen) atoms. The van der Waals surface area contributed by atoms with Crippen molar-refractivity contribution >= 4 is 5.92 Å². The van der Waals surface area contributed by atoms with E-state index in [9.17, 15) is 0 Å². The van der Waals surface area contributed by atoms with Gasteiger partial charge in [-0.25, -0.2) is 0 Å². The van der Waals surface area contributed by atoms with Gasteiger partial charge in [-0.3, -0.25) is 0 Å². The summed E-state index contributed by atoms with van der Waals surface area (Å²) in [4.78, 5) is 0. The van der Waals surface area contributed by atoms with Crippen LogP contribution in [0.25, 0.3) is 0 Å². The summed E-state index contributed by atoms with van der Waals surface area (Å²) in [5.41, 5.74) is 3.85. The van der Waals surface area contributed by atoms with Gasteiger partial charge >= 0.3 is 145 Å². The van der Waals surface area contributed by atoms with Crippen LogP contribution < -0.4 is 37.2 Å². The van der Waals surface area contributed by atoms with Gasteiger partial charge in [0.1, 0.15) is 0 Å². The van der Waals surface area contributed by atoms with E-state index < -0.39 is 26.8 Å². The number of allylic oxidation sites excluding steroid dienone is 8. The number of halogens is 3. The van der Waals surface area contributed by atoms with Gasteiger partial charge in [0.05, 0.1) is 0 Å². The Bertz CT molecular complexity index is 521. The standard InChI is InChI=1S/2C9H11.C2H7Si.3ClH.Zr/c2*1-2-5-9-7-3-6-8(9)4-1;1-3-2;;;;/h2*1-2,4,6,9H,3,5,7H2;3H,1-2H3;3*1H;/q;;;;;;+3/p-3. The fourth-order valence-electron chi connectivity index (χ4n) is 5.59. The molecule has 0 aliphatic heterocycles.